The van der Waals surface area contributed by atoms with Gasteiger partial charge in [-0.15, -0.1) is 11.3 Å². The topological polar surface area (TPSA) is 26.0 Å². The van der Waals surface area contributed by atoms with Gasteiger partial charge in [-0.3, -0.25) is 0 Å². The lowest BCUT2D eigenvalue weighted by molar-refractivity contribution is 0.634. The van der Waals surface area contributed by atoms with Gasteiger partial charge in [0.05, 0.1) is 10.7 Å². The van der Waals surface area contributed by atoms with Gasteiger partial charge in [-0.1, -0.05) is 11.6 Å². The predicted molar refractivity (Wildman–Crippen MR) is 51.2 cm³/mol. The fraction of sp³-hybridized carbons (Fsp3) is 0. The van der Waals surface area contributed by atoms with Crippen LogP contribution in [0.4, 0.5) is 10.1 Å². The van der Waals surface area contributed by atoms with Crippen LogP contribution in [-0.2, 0) is 0 Å². The highest BCUT2D eigenvalue weighted by Crippen LogP contribution is 2.32. The average Bonchev–Trinajstić information content (AvgIpc) is 2.35. The number of halogens is 2. The maximum atomic E-state index is 12.9. The van der Waals surface area contributed by atoms with Gasteiger partial charge in [0.2, 0.25) is 0 Å². The third kappa shape index (κ3) is 1.06. The first-order valence-corrected chi connectivity index (χ1v) is 4.56. The monoisotopic (exact) mass is 201 g/mol. The van der Waals surface area contributed by atoms with Crippen LogP contribution in [0.1, 0.15) is 0 Å². The Balaban J connectivity index is 2.87. The van der Waals surface area contributed by atoms with Gasteiger partial charge in [0.15, 0.2) is 0 Å². The molecule has 0 aliphatic heterocycles. The fourth-order valence-corrected chi connectivity index (χ4v) is 2.23. The normalized spacial score (nSPS) is 10.8. The molecule has 12 heavy (non-hydrogen) atoms. The summed E-state index contributed by atoms with van der Waals surface area (Å²) < 4.78 is 13.8. The van der Waals surface area contributed by atoms with E-state index in [0.29, 0.717) is 5.02 Å². The maximum absolute atomic E-state index is 12.9. The molecule has 0 saturated carbocycles. The van der Waals surface area contributed by atoms with E-state index in [2.05, 4.69) is 0 Å². The lowest BCUT2D eigenvalue weighted by atomic mass is 10.2. The van der Waals surface area contributed by atoms with Crippen LogP contribution < -0.4 is 5.73 Å². The van der Waals surface area contributed by atoms with E-state index in [1.165, 1.54) is 17.4 Å². The van der Waals surface area contributed by atoms with E-state index in [-0.39, 0.29) is 5.69 Å². The zero-order chi connectivity index (χ0) is 8.72. The molecule has 1 aromatic carbocycles. The molecule has 0 aliphatic rings. The fourth-order valence-electron chi connectivity index (χ4n) is 1.03. The molecule has 4 heteroatoms. The number of benzene rings is 1. The standard InChI is InChI=1S/C8H5ClFNS/c9-5-3-12-8-2-7(11)6(10)1-4(5)8/h1-3H,11H2. The van der Waals surface area contributed by atoms with Crippen LogP contribution in [0.25, 0.3) is 10.1 Å². The lowest BCUT2D eigenvalue weighted by Crippen LogP contribution is -1.88. The number of fused-ring (bicyclic) bond motifs is 1. The van der Waals surface area contributed by atoms with Crippen molar-refractivity contribution in [1.82, 2.24) is 0 Å². The number of anilines is 1. The molecule has 1 heterocycles. The summed E-state index contributed by atoms with van der Waals surface area (Å²) in [5.74, 6) is -0.414. The van der Waals surface area contributed by atoms with Crippen molar-refractivity contribution < 1.29 is 4.39 Å². The maximum Gasteiger partial charge on any atom is 0.146 e. The van der Waals surface area contributed by atoms with Gasteiger partial charge in [-0.05, 0) is 12.1 Å². The molecule has 1 nitrogen and oxygen atoms in total. The molecule has 1 aromatic heterocycles. The first kappa shape index (κ1) is 7.83. The summed E-state index contributed by atoms with van der Waals surface area (Å²) in [6.07, 6.45) is 0. The molecule has 2 N–H and O–H groups in total. The minimum atomic E-state index is -0.414. The van der Waals surface area contributed by atoms with E-state index in [0.717, 1.165) is 10.1 Å². The predicted octanol–water partition coefficient (Wildman–Crippen LogP) is 3.28. The van der Waals surface area contributed by atoms with Crippen LogP contribution in [0.15, 0.2) is 17.5 Å². The number of hydrogen-bond donors (Lipinski definition) is 1. The Kier molecular flexibility index (Phi) is 1.70. The van der Waals surface area contributed by atoms with E-state index in [4.69, 9.17) is 17.3 Å². The van der Waals surface area contributed by atoms with Crippen molar-refractivity contribution in [2.75, 3.05) is 5.73 Å². The zero-order valence-electron chi connectivity index (χ0n) is 5.97. The van der Waals surface area contributed by atoms with E-state index >= 15 is 0 Å². The van der Waals surface area contributed by atoms with Gasteiger partial charge < -0.3 is 5.73 Å². The second-order valence-electron chi connectivity index (χ2n) is 2.45. The Morgan fingerprint density at radius 1 is 1.42 bits per heavy atom. The highest BCUT2D eigenvalue weighted by Gasteiger charge is 2.05. The molecule has 0 atom stereocenters. The average molecular weight is 202 g/mol. The molecular weight excluding hydrogens is 197 g/mol. The summed E-state index contributed by atoms with van der Waals surface area (Å²) >= 11 is 7.26. The van der Waals surface area contributed by atoms with Gasteiger partial charge >= 0.3 is 0 Å². The highest BCUT2D eigenvalue weighted by atomic mass is 35.5. The Hall–Kier alpha value is -0.800. The lowest BCUT2D eigenvalue weighted by Gasteiger charge is -1.95. The van der Waals surface area contributed by atoms with Gasteiger partial charge in [0.1, 0.15) is 5.82 Å². The molecule has 0 radical (unpaired) electrons. The van der Waals surface area contributed by atoms with Crippen LogP contribution in [0.3, 0.4) is 0 Å². The number of nitrogens with two attached hydrogens (primary N) is 1. The Morgan fingerprint density at radius 3 is 2.92 bits per heavy atom. The Bertz CT molecular complexity index is 438. The van der Waals surface area contributed by atoms with Crippen molar-refractivity contribution in [3.05, 3.63) is 28.4 Å². The summed E-state index contributed by atoms with van der Waals surface area (Å²) in [4.78, 5) is 0. The van der Waals surface area contributed by atoms with Gasteiger partial charge in [0, 0.05) is 15.5 Å². The van der Waals surface area contributed by atoms with Crippen molar-refractivity contribution in [2.45, 2.75) is 0 Å². The number of thiophene rings is 1. The second-order valence-corrected chi connectivity index (χ2v) is 3.77. The van der Waals surface area contributed by atoms with Crippen LogP contribution in [0.5, 0.6) is 0 Å². The first-order valence-electron chi connectivity index (χ1n) is 3.30. The minimum Gasteiger partial charge on any atom is -0.396 e. The number of nitrogen functional groups attached to an aromatic ring is 1. The summed E-state index contributed by atoms with van der Waals surface area (Å²) in [6, 6.07) is 2.96. The SMILES string of the molecule is Nc1cc2scc(Cl)c2cc1F. The zero-order valence-corrected chi connectivity index (χ0v) is 7.55. The smallest absolute Gasteiger partial charge is 0.146 e. The molecule has 0 saturated heterocycles. The van der Waals surface area contributed by atoms with Crippen molar-refractivity contribution in [3.63, 3.8) is 0 Å². The molecule has 0 amide bonds. The third-order valence-corrected chi connectivity index (χ3v) is 3.03. The number of rotatable bonds is 0. The van der Waals surface area contributed by atoms with Crippen LogP contribution in [0, 0.1) is 5.82 Å². The Labute approximate surface area is 77.6 Å². The highest BCUT2D eigenvalue weighted by molar-refractivity contribution is 7.17. The van der Waals surface area contributed by atoms with E-state index in [9.17, 15) is 4.39 Å². The van der Waals surface area contributed by atoms with E-state index < -0.39 is 5.82 Å². The molecular formula is C8H5ClFNS. The third-order valence-electron chi connectivity index (χ3n) is 1.65. The van der Waals surface area contributed by atoms with Crippen molar-refractivity contribution in [1.29, 1.82) is 0 Å². The van der Waals surface area contributed by atoms with Crippen LogP contribution in [-0.4, -0.2) is 0 Å². The molecule has 0 aliphatic carbocycles. The summed E-state index contributed by atoms with van der Waals surface area (Å²) in [5, 5.41) is 3.08. The molecule has 2 rings (SSSR count). The molecule has 0 fully saturated rings. The van der Waals surface area contributed by atoms with Crippen molar-refractivity contribution >= 4 is 38.7 Å². The summed E-state index contributed by atoms with van der Waals surface area (Å²) in [6.45, 7) is 0. The van der Waals surface area contributed by atoms with Crippen molar-refractivity contribution in [2.24, 2.45) is 0 Å². The van der Waals surface area contributed by atoms with E-state index in [1.807, 2.05) is 0 Å². The van der Waals surface area contributed by atoms with Gasteiger partial charge in [-0.2, -0.15) is 0 Å². The number of hydrogen-bond acceptors (Lipinski definition) is 2. The Morgan fingerprint density at radius 2 is 2.17 bits per heavy atom. The largest absolute Gasteiger partial charge is 0.396 e. The van der Waals surface area contributed by atoms with Crippen LogP contribution in [0.2, 0.25) is 5.02 Å². The molecule has 0 spiro atoms. The molecule has 62 valence electrons. The quantitative estimate of drug-likeness (QED) is 0.651. The minimum absolute atomic E-state index is 0.168. The van der Waals surface area contributed by atoms with Gasteiger partial charge in [-0.25, -0.2) is 4.39 Å². The first-order chi connectivity index (χ1) is 5.68. The summed E-state index contributed by atoms with van der Waals surface area (Å²) in [7, 11) is 0. The summed E-state index contributed by atoms with van der Waals surface area (Å²) in [5.41, 5.74) is 5.55. The second kappa shape index (κ2) is 2.61. The van der Waals surface area contributed by atoms with Crippen molar-refractivity contribution in [3.8, 4) is 0 Å². The van der Waals surface area contributed by atoms with Crippen LogP contribution >= 0.6 is 22.9 Å². The molecule has 2 aromatic rings. The molecule has 0 bridgehead atoms. The van der Waals surface area contributed by atoms with Gasteiger partial charge in [0.25, 0.3) is 0 Å². The molecule has 0 unspecified atom stereocenters. The van der Waals surface area contributed by atoms with E-state index in [1.54, 1.807) is 11.4 Å².